The molecule has 1 rings (SSSR count). The Morgan fingerprint density at radius 1 is 1.46 bits per heavy atom. The SMILES string of the molecule is COc1cc(Br)cc(F)c1B(O)O. The highest BCUT2D eigenvalue weighted by Gasteiger charge is 2.22. The van der Waals surface area contributed by atoms with Gasteiger partial charge in [0.25, 0.3) is 0 Å². The number of hydrogen-bond acceptors (Lipinski definition) is 3. The Balaban J connectivity index is 3.30. The van der Waals surface area contributed by atoms with Gasteiger partial charge in [-0.05, 0) is 12.1 Å². The van der Waals surface area contributed by atoms with Gasteiger partial charge in [0.1, 0.15) is 11.6 Å². The van der Waals surface area contributed by atoms with E-state index in [1.54, 1.807) is 0 Å². The van der Waals surface area contributed by atoms with Crippen LogP contribution in [0.25, 0.3) is 0 Å². The van der Waals surface area contributed by atoms with E-state index in [-0.39, 0.29) is 11.2 Å². The van der Waals surface area contributed by atoms with Crippen LogP contribution in [0.4, 0.5) is 4.39 Å². The van der Waals surface area contributed by atoms with Gasteiger partial charge in [0.05, 0.1) is 12.6 Å². The standard InChI is InChI=1S/C7H7BBrFO3/c1-13-6-3-4(9)2-5(10)7(6)8(11)12/h2-3,11-12H,1H3. The Morgan fingerprint density at radius 2 is 2.08 bits per heavy atom. The van der Waals surface area contributed by atoms with Gasteiger partial charge in [-0.15, -0.1) is 0 Å². The van der Waals surface area contributed by atoms with Crippen LogP contribution >= 0.6 is 15.9 Å². The summed E-state index contributed by atoms with van der Waals surface area (Å²) in [5.74, 6) is -0.622. The predicted molar refractivity (Wildman–Crippen MR) is 50.5 cm³/mol. The minimum Gasteiger partial charge on any atom is -0.497 e. The molecule has 3 nitrogen and oxygen atoms in total. The number of benzene rings is 1. The summed E-state index contributed by atoms with van der Waals surface area (Å²) < 4.78 is 18.4. The lowest BCUT2D eigenvalue weighted by Gasteiger charge is -2.08. The average molecular weight is 249 g/mol. The third kappa shape index (κ3) is 2.21. The van der Waals surface area contributed by atoms with Crippen molar-refractivity contribution >= 4 is 28.5 Å². The molecule has 0 spiro atoms. The van der Waals surface area contributed by atoms with Crippen LogP contribution < -0.4 is 10.2 Å². The van der Waals surface area contributed by atoms with Crippen molar-refractivity contribution in [2.45, 2.75) is 0 Å². The maximum Gasteiger partial charge on any atom is 0.495 e. The van der Waals surface area contributed by atoms with E-state index in [0.717, 1.165) is 6.07 Å². The van der Waals surface area contributed by atoms with Gasteiger partial charge < -0.3 is 14.8 Å². The van der Waals surface area contributed by atoms with Crippen LogP contribution in [0.5, 0.6) is 5.75 Å². The first-order valence-electron chi connectivity index (χ1n) is 3.45. The van der Waals surface area contributed by atoms with Crippen molar-refractivity contribution < 1.29 is 19.2 Å². The summed E-state index contributed by atoms with van der Waals surface area (Å²) in [5, 5.41) is 17.7. The molecule has 0 bridgehead atoms. The summed E-state index contributed by atoms with van der Waals surface area (Å²) in [6.07, 6.45) is 0. The largest absolute Gasteiger partial charge is 0.497 e. The molecule has 2 N–H and O–H groups in total. The maximum atomic E-state index is 13.1. The van der Waals surface area contributed by atoms with Gasteiger partial charge in [0.15, 0.2) is 0 Å². The van der Waals surface area contributed by atoms with Crippen molar-refractivity contribution in [1.29, 1.82) is 0 Å². The lowest BCUT2D eigenvalue weighted by molar-refractivity contribution is 0.398. The van der Waals surface area contributed by atoms with Crippen LogP contribution in [0.1, 0.15) is 0 Å². The van der Waals surface area contributed by atoms with E-state index in [9.17, 15) is 4.39 Å². The van der Waals surface area contributed by atoms with Crippen LogP contribution in [0.3, 0.4) is 0 Å². The molecule has 0 saturated carbocycles. The number of methoxy groups -OCH3 is 1. The molecule has 0 aliphatic heterocycles. The van der Waals surface area contributed by atoms with Crippen LogP contribution in [0.2, 0.25) is 0 Å². The van der Waals surface area contributed by atoms with E-state index in [0.29, 0.717) is 4.47 Å². The van der Waals surface area contributed by atoms with Crippen molar-refractivity contribution in [3.05, 3.63) is 22.4 Å². The zero-order valence-electron chi connectivity index (χ0n) is 6.79. The Hall–Kier alpha value is -0.585. The van der Waals surface area contributed by atoms with Crippen molar-refractivity contribution in [2.75, 3.05) is 7.11 Å². The monoisotopic (exact) mass is 248 g/mol. The number of ether oxygens (including phenoxy) is 1. The molecule has 0 heterocycles. The Bertz CT molecular complexity index is 319. The van der Waals surface area contributed by atoms with Gasteiger partial charge >= 0.3 is 7.12 Å². The van der Waals surface area contributed by atoms with Crippen LogP contribution in [-0.2, 0) is 0 Å². The molecular formula is C7H7BBrFO3. The van der Waals surface area contributed by atoms with E-state index < -0.39 is 12.9 Å². The minimum absolute atomic E-state index is 0.0990. The summed E-state index contributed by atoms with van der Waals surface area (Å²) in [7, 11) is -0.546. The number of hydrogen-bond donors (Lipinski definition) is 2. The number of halogens is 2. The summed E-state index contributed by atoms with van der Waals surface area (Å²) >= 11 is 3.05. The normalized spacial score (nSPS) is 9.92. The zero-order chi connectivity index (χ0) is 10.0. The first-order valence-corrected chi connectivity index (χ1v) is 4.24. The molecule has 0 saturated heterocycles. The molecule has 0 aromatic heterocycles. The van der Waals surface area contributed by atoms with Gasteiger partial charge in [0, 0.05) is 4.47 Å². The van der Waals surface area contributed by atoms with Crippen LogP contribution in [-0.4, -0.2) is 24.3 Å². The first-order chi connectivity index (χ1) is 6.06. The van der Waals surface area contributed by atoms with E-state index >= 15 is 0 Å². The Labute approximate surface area is 83.4 Å². The third-order valence-electron chi connectivity index (χ3n) is 1.53. The molecule has 0 aliphatic rings. The molecule has 0 unspecified atom stereocenters. The summed E-state index contributed by atoms with van der Waals surface area (Å²) in [5.41, 5.74) is -0.259. The molecule has 1 aromatic carbocycles. The Kier molecular flexibility index (Phi) is 3.30. The third-order valence-corrected chi connectivity index (χ3v) is 1.99. The lowest BCUT2D eigenvalue weighted by Crippen LogP contribution is -2.34. The fraction of sp³-hybridized carbons (Fsp3) is 0.143. The van der Waals surface area contributed by atoms with Gasteiger partial charge in [0.2, 0.25) is 0 Å². The molecule has 0 fully saturated rings. The highest BCUT2D eigenvalue weighted by molar-refractivity contribution is 9.10. The van der Waals surface area contributed by atoms with Crippen molar-refractivity contribution in [1.82, 2.24) is 0 Å². The second kappa shape index (κ2) is 4.08. The molecular weight excluding hydrogens is 242 g/mol. The molecule has 0 atom stereocenters. The predicted octanol–water partition coefficient (Wildman–Crippen LogP) is 0.277. The quantitative estimate of drug-likeness (QED) is 0.740. The number of rotatable bonds is 2. The molecule has 0 amide bonds. The van der Waals surface area contributed by atoms with E-state index in [1.807, 2.05) is 0 Å². The highest BCUT2D eigenvalue weighted by Crippen LogP contribution is 2.18. The van der Waals surface area contributed by atoms with Crippen LogP contribution in [0, 0.1) is 5.82 Å². The zero-order valence-corrected chi connectivity index (χ0v) is 8.38. The molecule has 6 heteroatoms. The maximum absolute atomic E-state index is 13.1. The highest BCUT2D eigenvalue weighted by atomic mass is 79.9. The topological polar surface area (TPSA) is 49.7 Å². The lowest BCUT2D eigenvalue weighted by atomic mass is 9.79. The second-order valence-electron chi connectivity index (χ2n) is 2.38. The fourth-order valence-corrected chi connectivity index (χ4v) is 1.39. The Morgan fingerprint density at radius 3 is 2.54 bits per heavy atom. The molecule has 0 radical (unpaired) electrons. The van der Waals surface area contributed by atoms with Crippen LogP contribution in [0.15, 0.2) is 16.6 Å². The molecule has 13 heavy (non-hydrogen) atoms. The first kappa shape index (κ1) is 10.5. The summed E-state index contributed by atoms with van der Waals surface area (Å²) in [6.45, 7) is 0. The minimum atomic E-state index is -1.87. The van der Waals surface area contributed by atoms with Crippen molar-refractivity contribution in [2.24, 2.45) is 0 Å². The summed E-state index contributed by atoms with van der Waals surface area (Å²) in [6, 6.07) is 2.59. The second-order valence-corrected chi connectivity index (χ2v) is 3.29. The molecule has 70 valence electrons. The summed E-state index contributed by atoms with van der Waals surface area (Å²) in [4.78, 5) is 0. The molecule has 1 aromatic rings. The van der Waals surface area contributed by atoms with Gasteiger partial charge in [-0.2, -0.15) is 0 Å². The smallest absolute Gasteiger partial charge is 0.495 e. The molecule has 0 aliphatic carbocycles. The van der Waals surface area contributed by atoms with Crippen molar-refractivity contribution in [3.8, 4) is 5.75 Å². The van der Waals surface area contributed by atoms with Gasteiger partial charge in [-0.1, -0.05) is 15.9 Å². The van der Waals surface area contributed by atoms with E-state index in [2.05, 4.69) is 15.9 Å². The fourth-order valence-electron chi connectivity index (χ4n) is 0.981. The van der Waals surface area contributed by atoms with E-state index in [4.69, 9.17) is 14.8 Å². The average Bonchev–Trinajstić information content (AvgIpc) is 2.01. The van der Waals surface area contributed by atoms with Gasteiger partial charge in [-0.3, -0.25) is 0 Å². The van der Waals surface area contributed by atoms with Crippen molar-refractivity contribution in [3.63, 3.8) is 0 Å². The van der Waals surface area contributed by atoms with E-state index in [1.165, 1.54) is 13.2 Å². The van der Waals surface area contributed by atoms with Gasteiger partial charge in [-0.25, -0.2) is 4.39 Å².